The summed E-state index contributed by atoms with van der Waals surface area (Å²) < 4.78 is 77.3. The molecule has 1 rings (SSSR count). The van der Waals surface area contributed by atoms with Crippen molar-refractivity contribution >= 4 is 21.9 Å². The Morgan fingerprint density at radius 1 is 1.30 bits per heavy atom. The van der Waals surface area contributed by atoms with Crippen LogP contribution in [0.2, 0.25) is 0 Å². The number of alkyl halides is 7. The zero-order chi connectivity index (χ0) is 15.7. The van der Waals surface area contributed by atoms with Crippen molar-refractivity contribution in [2.24, 2.45) is 0 Å². The second-order valence-corrected chi connectivity index (χ2v) is 3.89. The quantitative estimate of drug-likeness (QED) is 0.655. The maximum absolute atomic E-state index is 12.6. The van der Waals surface area contributed by atoms with Gasteiger partial charge in [-0.3, -0.25) is 0 Å². The van der Waals surface area contributed by atoms with Crippen molar-refractivity contribution in [1.29, 1.82) is 0 Å². The normalized spacial score (nSPS) is 12.3. The van der Waals surface area contributed by atoms with Crippen molar-refractivity contribution in [3.05, 3.63) is 22.9 Å². The summed E-state index contributed by atoms with van der Waals surface area (Å²) in [7, 11) is 0. The maximum Gasteiger partial charge on any atom is 0.574 e. The summed E-state index contributed by atoms with van der Waals surface area (Å²) in [6.45, 7) is 0. The molecule has 0 amide bonds. The zero-order valence-electron chi connectivity index (χ0n) is 9.14. The molecule has 0 aliphatic rings. The van der Waals surface area contributed by atoms with Gasteiger partial charge in [0.2, 0.25) is 5.88 Å². The Hall–Kier alpha value is -1.52. The highest BCUT2D eigenvalue weighted by Crippen LogP contribution is 2.35. The number of carboxylic acid groups (broad SMARTS) is 1. The van der Waals surface area contributed by atoms with Gasteiger partial charge in [0.15, 0.2) is 5.69 Å². The van der Waals surface area contributed by atoms with E-state index in [0.29, 0.717) is 6.07 Å². The molecule has 0 radical (unpaired) electrons. The van der Waals surface area contributed by atoms with Crippen molar-refractivity contribution in [2.75, 3.05) is 0 Å². The SMILES string of the molecule is O=C(O)c1cc(CBr)c(OC(F)(F)F)nc1C(F)(F)F. The number of aromatic carboxylic acids is 1. The van der Waals surface area contributed by atoms with Crippen molar-refractivity contribution in [2.45, 2.75) is 17.9 Å². The molecule has 0 aliphatic heterocycles. The minimum absolute atomic E-state index is 0.371. The molecule has 1 N–H and O–H groups in total. The van der Waals surface area contributed by atoms with Gasteiger partial charge in [-0.2, -0.15) is 13.2 Å². The maximum atomic E-state index is 12.6. The Morgan fingerprint density at radius 2 is 1.85 bits per heavy atom. The van der Waals surface area contributed by atoms with Gasteiger partial charge >= 0.3 is 18.5 Å². The first-order valence-electron chi connectivity index (χ1n) is 4.62. The zero-order valence-corrected chi connectivity index (χ0v) is 10.7. The molecule has 0 unspecified atom stereocenters. The van der Waals surface area contributed by atoms with Crippen LogP contribution >= 0.6 is 15.9 Å². The highest BCUT2D eigenvalue weighted by molar-refractivity contribution is 9.08. The Morgan fingerprint density at radius 3 is 2.20 bits per heavy atom. The first-order chi connectivity index (χ1) is 8.95. The standard InChI is InChI=1S/C9H4BrF6NO3/c10-2-3-1-4(7(18)19)5(8(11,12)13)17-6(3)20-9(14,15)16/h1H,2H2,(H,18,19). The van der Waals surface area contributed by atoms with Crippen LogP contribution in [0.15, 0.2) is 6.07 Å². The molecule has 1 aromatic heterocycles. The lowest BCUT2D eigenvalue weighted by Gasteiger charge is -2.15. The molecule has 1 aromatic rings. The number of nitrogens with zero attached hydrogens (tertiary/aromatic N) is 1. The molecule has 0 bridgehead atoms. The van der Waals surface area contributed by atoms with E-state index in [2.05, 4.69) is 25.7 Å². The summed E-state index contributed by atoms with van der Waals surface area (Å²) >= 11 is 2.71. The Bertz CT molecular complexity index is 528. The number of pyridine rings is 1. The first kappa shape index (κ1) is 16.5. The van der Waals surface area contributed by atoms with Crippen LogP contribution in [-0.4, -0.2) is 22.4 Å². The minimum Gasteiger partial charge on any atom is -0.478 e. The number of aromatic nitrogens is 1. The molecule has 0 atom stereocenters. The minimum atomic E-state index is -5.25. The van der Waals surface area contributed by atoms with Gasteiger partial charge in [-0.1, -0.05) is 15.9 Å². The Balaban J connectivity index is 3.50. The van der Waals surface area contributed by atoms with Crippen LogP contribution in [0.3, 0.4) is 0 Å². The summed E-state index contributed by atoms with van der Waals surface area (Å²) in [5, 5.41) is 8.28. The van der Waals surface area contributed by atoms with Gasteiger partial charge in [-0.25, -0.2) is 9.78 Å². The summed E-state index contributed by atoms with van der Waals surface area (Å²) in [6, 6.07) is 0.425. The van der Waals surface area contributed by atoms with E-state index in [-0.39, 0.29) is 5.33 Å². The van der Waals surface area contributed by atoms with Crippen LogP contribution in [0, 0.1) is 0 Å². The van der Waals surface area contributed by atoms with E-state index in [4.69, 9.17) is 5.11 Å². The molecule has 4 nitrogen and oxygen atoms in total. The summed E-state index contributed by atoms with van der Waals surface area (Å²) in [4.78, 5) is 13.4. The molecule has 1 heterocycles. The van der Waals surface area contributed by atoms with Crippen LogP contribution in [-0.2, 0) is 11.5 Å². The monoisotopic (exact) mass is 367 g/mol. The third-order valence-electron chi connectivity index (χ3n) is 1.92. The van der Waals surface area contributed by atoms with E-state index in [1.165, 1.54) is 0 Å². The number of carbonyl (C=O) groups is 1. The van der Waals surface area contributed by atoms with Gasteiger partial charge in [0.05, 0.1) is 5.56 Å². The lowest BCUT2D eigenvalue weighted by molar-refractivity contribution is -0.276. The molecule has 0 saturated heterocycles. The molecule has 0 aromatic carbocycles. The highest BCUT2D eigenvalue weighted by atomic mass is 79.9. The molecule has 0 spiro atoms. The van der Waals surface area contributed by atoms with Crippen LogP contribution in [0.4, 0.5) is 26.3 Å². The van der Waals surface area contributed by atoms with Crippen LogP contribution in [0.25, 0.3) is 0 Å². The molecule has 0 aliphatic carbocycles. The molecule has 0 fully saturated rings. The summed E-state index contributed by atoms with van der Waals surface area (Å²) in [5.74, 6) is -3.32. The van der Waals surface area contributed by atoms with Gasteiger partial charge in [0.1, 0.15) is 0 Å². The molecular formula is C9H4BrF6NO3. The lowest BCUT2D eigenvalue weighted by Crippen LogP contribution is -2.22. The largest absolute Gasteiger partial charge is 0.574 e. The average Bonchev–Trinajstić information content (AvgIpc) is 2.24. The van der Waals surface area contributed by atoms with Crippen molar-refractivity contribution < 1.29 is 41.0 Å². The number of carboxylic acids is 1. The van der Waals surface area contributed by atoms with Gasteiger partial charge in [0, 0.05) is 10.9 Å². The average molecular weight is 368 g/mol. The summed E-state index contributed by atoms with van der Waals surface area (Å²) in [6.07, 6.45) is -10.5. The van der Waals surface area contributed by atoms with Crippen molar-refractivity contribution in [3.63, 3.8) is 0 Å². The molecular weight excluding hydrogens is 364 g/mol. The smallest absolute Gasteiger partial charge is 0.478 e. The fourth-order valence-corrected chi connectivity index (χ4v) is 1.61. The lowest BCUT2D eigenvalue weighted by atomic mass is 10.1. The molecule has 0 saturated carbocycles. The predicted molar refractivity (Wildman–Crippen MR) is 55.5 cm³/mol. The van der Waals surface area contributed by atoms with Gasteiger partial charge in [0.25, 0.3) is 0 Å². The fourth-order valence-electron chi connectivity index (χ4n) is 1.21. The van der Waals surface area contributed by atoms with E-state index >= 15 is 0 Å². The second-order valence-electron chi connectivity index (χ2n) is 3.33. The van der Waals surface area contributed by atoms with Crippen molar-refractivity contribution in [3.8, 4) is 5.88 Å². The topological polar surface area (TPSA) is 59.4 Å². The number of halogens is 7. The van der Waals surface area contributed by atoms with Gasteiger partial charge in [-0.05, 0) is 6.07 Å². The Kier molecular flexibility index (Phi) is 4.52. The van der Waals surface area contributed by atoms with E-state index in [0.717, 1.165) is 0 Å². The third-order valence-corrected chi connectivity index (χ3v) is 2.52. The summed E-state index contributed by atoms with van der Waals surface area (Å²) in [5.41, 5.74) is -3.71. The van der Waals surface area contributed by atoms with E-state index in [1.54, 1.807) is 0 Å². The molecule has 112 valence electrons. The Labute approximate surface area is 115 Å². The van der Waals surface area contributed by atoms with Crippen LogP contribution < -0.4 is 4.74 Å². The van der Waals surface area contributed by atoms with Crippen molar-refractivity contribution in [1.82, 2.24) is 4.98 Å². The van der Waals surface area contributed by atoms with E-state index in [1.807, 2.05) is 0 Å². The number of hydrogen-bond acceptors (Lipinski definition) is 3. The third kappa shape index (κ3) is 3.99. The molecule has 20 heavy (non-hydrogen) atoms. The van der Waals surface area contributed by atoms with E-state index in [9.17, 15) is 31.1 Å². The first-order valence-corrected chi connectivity index (χ1v) is 5.74. The second kappa shape index (κ2) is 5.46. The fraction of sp³-hybridized carbons (Fsp3) is 0.333. The highest BCUT2D eigenvalue weighted by Gasteiger charge is 2.40. The van der Waals surface area contributed by atoms with Gasteiger partial charge < -0.3 is 9.84 Å². The number of ether oxygens (including phenoxy) is 1. The number of hydrogen-bond donors (Lipinski definition) is 1. The molecule has 11 heteroatoms. The van der Waals surface area contributed by atoms with Crippen LogP contribution in [0.1, 0.15) is 21.6 Å². The van der Waals surface area contributed by atoms with E-state index < -0.39 is 41.2 Å². The van der Waals surface area contributed by atoms with Crippen LogP contribution in [0.5, 0.6) is 5.88 Å². The van der Waals surface area contributed by atoms with Gasteiger partial charge in [-0.15, -0.1) is 13.2 Å². The number of rotatable bonds is 3. The predicted octanol–water partition coefficient (Wildman–Crippen LogP) is 3.59.